The molecule has 5 nitrogen and oxygen atoms in total. The lowest BCUT2D eigenvalue weighted by Gasteiger charge is -2.22. The predicted molar refractivity (Wildman–Crippen MR) is 79.5 cm³/mol. The first-order chi connectivity index (χ1) is 10.2. The Morgan fingerprint density at radius 3 is 2.48 bits per heavy atom. The Morgan fingerprint density at radius 1 is 1.14 bits per heavy atom. The normalized spacial score (nSPS) is 19.4. The van der Waals surface area contributed by atoms with Crippen molar-refractivity contribution in [3.63, 3.8) is 0 Å². The van der Waals surface area contributed by atoms with Gasteiger partial charge in [-0.2, -0.15) is 0 Å². The lowest BCUT2D eigenvalue weighted by Crippen LogP contribution is -2.27. The highest BCUT2D eigenvalue weighted by Gasteiger charge is 2.22. The van der Waals surface area contributed by atoms with E-state index in [1.54, 1.807) is 29.2 Å². The Bertz CT molecular complexity index is 521. The number of esters is 1. The van der Waals surface area contributed by atoms with Crippen LogP contribution in [-0.4, -0.2) is 31.2 Å². The largest absolute Gasteiger partial charge is 0.459 e. The van der Waals surface area contributed by atoms with Gasteiger partial charge in [-0.15, -0.1) is 0 Å². The number of carbonyl (C=O) groups is 2. The average Bonchev–Trinajstić information content (AvgIpc) is 2.94. The highest BCUT2D eigenvalue weighted by Crippen LogP contribution is 2.22. The average molecular weight is 288 g/mol. The van der Waals surface area contributed by atoms with Gasteiger partial charge in [-0.3, -0.25) is 4.90 Å². The Morgan fingerprint density at radius 2 is 1.86 bits per heavy atom. The minimum absolute atomic E-state index is 0.0651. The highest BCUT2D eigenvalue weighted by atomic mass is 16.5. The van der Waals surface area contributed by atoms with Crippen LogP contribution >= 0.6 is 0 Å². The second-order valence-electron chi connectivity index (χ2n) is 5.60. The van der Waals surface area contributed by atoms with Crippen LogP contribution in [0.2, 0.25) is 0 Å². The van der Waals surface area contributed by atoms with Crippen molar-refractivity contribution >= 4 is 17.7 Å². The number of benzene rings is 1. The van der Waals surface area contributed by atoms with Crippen molar-refractivity contribution in [2.45, 2.75) is 38.2 Å². The Labute approximate surface area is 124 Å². The highest BCUT2D eigenvalue weighted by molar-refractivity contribution is 5.95. The van der Waals surface area contributed by atoms with Crippen molar-refractivity contribution in [1.29, 1.82) is 0 Å². The Hall–Kier alpha value is -2.04. The molecular weight excluding hydrogens is 268 g/mol. The molecule has 2 amide bonds. The van der Waals surface area contributed by atoms with Crippen molar-refractivity contribution in [2.75, 3.05) is 18.0 Å². The molecule has 1 aliphatic heterocycles. The first-order valence-corrected chi connectivity index (χ1v) is 7.60. The second kappa shape index (κ2) is 6.16. The van der Waals surface area contributed by atoms with Crippen LogP contribution in [0, 0.1) is 0 Å². The van der Waals surface area contributed by atoms with Crippen LogP contribution in [0.15, 0.2) is 24.3 Å². The Kier molecular flexibility index (Phi) is 4.08. The molecule has 1 aromatic carbocycles. The summed E-state index contributed by atoms with van der Waals surface area (Å²) in [5, 5.41) is 2.75. The monoisotopic (exact) mass is 288 g/mol. The lowest BCUT2D eigenvalue weighted by atomic mass is 9.98. The lowest BCUT2D eigenvalue weighted by molar-refractivity contribution is 0.0211. The molecule has 3 rings (SSSR count). The summed E-state index contributed by atoms with van der Waals surface area (Å²) in [7, 11) is 0. The van der Waals surface area contributed by atoms with Crippen LogP contribution in [0.1, 0.15) is 42.5 Å². The van der Waals surface area contributed by atoms with Gasteiger partial charge in [0.25, 0.3) is 0 Å². The van der Waals surface area contributed by atoms with Crippen LogP contribution in [0.25, 0.3) is 0 Å². The molecule has 1 saturated heterocycles. The summed E-state index contributed by atoms with van der Waals surface area (Å²) in [6.45, 7) is 1.31. The first kappa shape index (κ1) is 13.9. The molecule has 5 heteroatoms. The van der Waals surface area contributed by atoms with Crippen molar-refractivity contribution in [1.82, 2.24) is 5.32 Å². The fourth-order valence-electron chi connectivity index (χ4n) is 2.90. The molecule has 2 aliphatic rings. The third-order valence-corrected chi connectivity index (χ3v) is 4.10. The molecule has 0 spiro atoms. The fourth-order valence-corrected chi connectivity index (χ4v) is 2.90. The van der Waals surface area contributed by atoms with Crippen molar-refractivity contribution in [3.8, 4) is 0 Å². The van der Waals surface area contributed by atoms with Crippen molar-refractivity contribution in [2.24, 2.45) is 0 Å². The third kappa shape index (κ3) is 3.17. The number of amides is 2. The van der Waals surface area contributed by atoms with Gasteiger partial charge in [0.1, 0.15) is 6.10 Å². The van der Waals surface area contributed by atoms with Crippen LogP contribution in [0.3, 0.4) is 0 Å². The van der Waals surface area contributed by atoms with Crippen molar-refractivity contribution in [3.05, 3.63) is 29.8 Å². The van der Waals surface area contributed by atoms with E-state index in [0.717, 1.165) is 31.4 Å². The maximum Gasteiger partial charge on any atom is 0.338 e. The zero-order chi connectivity index (χ0) is 14.7. The first-order valence-electron chi connectivity index (χ1n) is 7.60. The van der Waals surface area contributed by atoms with Gasteiger partial charge in [-0.25, -0.2) is 9.59 Å². The quantitative estimate of drug-likeness (QED) is 0.870. The van der Waals surface area contributed by atoms with Crippen molar-refractivity contribution < 1.29 is 14.3 Å². The van der Waals surface area contributed by atoms with Crippen LogP contribution < -0.4 is 10.2 Å². The van der Waals surface area contributed by atoms with Crippen LogP contribution in [0.5, 0.6) is 0 Å². The molecule has 1 aromatic rings. The van der Waals surface area contributed by atoms with Gasteiger partial charge >= 0.3 is 12.0 Å². The van der Waals surface area contributed by atoms with Crippen LogP contribution in [-0.2, 0) is 4.74 Å². The van der Waals surface area contributed by atoms with E-state index in [4.69, 9.17) is 4.74 Å². The number of rotatable bonds is 3. The van der Waals surface area contributed by atoms with Gasteiger partial charge in [-0.1, -0.05) is 6.42 Å². The van der Waals surface area contributed by atoms with Gasteiger partial charge < -0.3 is 10.1 Å². The SMILES string of the molecule is O=C(OC1CCCCC1)c1ccc(N2CCNC2=O)cc1. The molecule has 1 heterocycles. The topological polar surface area (TPSA) is 58.6 Å². The minimum atomic E-state index is -0.265. The summed E-state index contributed by atoms with van der Waals surface area (Å²) < 4.78 is 5.53. The molecular formula is C16H20N2O3. The molecule has 0 unspecified atom stereocenters. The van der Waals surface area contributed by atoms with E-state index in [1.165, 1.54) is 6.42 Å². The van der Waals surface area contributed by atoms with Gasteiger partial charge in [0.2, 0.25) is 0 Å². The number of nitrogens with one attached hydrogen (secondary N) is 1. The second-order valence-corrected chi connectivity index (χ2v) is 5.60. The van der Waals surface area contributed by atoms with Crippen LogP contribution in [0.4, 0.5) is 10.5 Å². The van der Waals surface area contributed by atoms with Gasteiger partial charge in [0.15, 0.2) is 0 Å². The van der Waals surface area contributed by atoms with Gasteiger partial charge in [0, 0.05) is 18.8 Å². The van der Waals surface area contributed by atoms with E-state index in [0.29, 0.717) is 18.7 Å². The number of carbonyl (C=O) groups excluding carboxylic acids is 2. The molecule has 0 aromatic heterocycles. The maximum atomic E-state index is 12.1. The summed E-state index contributed by atoms with van der Waals surface area (Å²) in [5.41, 5.74) is 1.35. The number of hydrogen-bond acceptors (Lipinski definition) is 3. The molecule has 1 aliphatic carbocycles. The number of anilines is 1. The molecule has 1 N–H and O–H groups in total. The zero-order valence-electron chi connectivity index (χ0n) is 12.0. The summed E-state index contributed by atoms with van der Waals surface area (Å²) >= 11 is 0. The van der Waals surface area contributed by atoms with Gasteiger partial charge in [0.05, 0.1) is 5.56 Å². The number of urea groups is 1. The molecule has 0 radical (unpaired) electrons. The molecule has 2 fully saturated rings. The predicted octanol–water partition coefficient (Wildman–Crippen LogP) is 2.71. The van der Waals surface area contributed by atoms with E-state index >= 15 is 0 Å². The molecule has 112 valence electrons. The molecule has 0 bridgehead atoms. The Balaban J connectivity index is 1.63. The number of hydrogen-bond donors (Lipinski definition) is 1. The third-order valence-electron chi connectivity index (χ3n) is 4.10. The van der Waals surface area contributed by atoms with Gasteiger partial charge in [-0.05, 0) is 49.9 Å². The number of ether oxygens (including phenoxy) is 1. The smallest absolute Gasteiger partial charge is 0.338 e. The summed E-state index contributed by atoms with van der Waals surface area (Å²) in [4.78, 5) is 25.3. The van der Waals surface area contributed by atoms with E-state index in [1.807, 2.05) is 0 Å². The van der Waals surface area contributed by atoms with E-state index in [-0.39, 0.29) is 18.1 Å². The summed E-state index contributed by atoms with van der Waals surface area (Å²) in [6, 6.07) is 6.95. The molecule has 21 heavy (non-hydrogen) atoms. The maximum absolute atomic E-state index is 12.1. The summed E-state index contributed by atoms with van der Waals surface area (Å²) in [5.74, 6) is -0.265. The molecule has 1 saturated carbocycles. The fraction of sp³-hybridized carbons (Fsp3) is 0.500. The standard InChI is InChI=1S/C16H20N2O3/c19-15(21-14-4-2-1-3-5-14)12-6-8-13(9-7-12)18-11-10-17-16(18)20/h6-9,14H,1-5,10-11H2,(H,17,20). The van der Waals surface area contributed by atoms with E-state index < -0.39 is 0 Å². The van der Waals surface area contributed by atoms with E-state index in [9.17, 15) is 9.59 Å². The zero-order valence-corrected chi connectivity index (χ0v) is 12.0. The minimum Gasteiger partial charge on any atom is -0.459 e. The van der Waals surface area contributed by atoms with E-state index in [2.05, 4.69) is 5.32 Å². The molecule has 0 atom stereocenters. The summed E-state index contributed by atoms with van der Waals surface area (Å²) in [6.07, 6.45) is 5.52. The number of nitrogens with zero attached hydrogens (tertiary/aromatic N) is 1.